The summed E-state index contributed by atoms with van der Waals surface area (Å²) in [5.41, 5.74) is -0.587. The molecule has 0 bridgehead atoms. The first kappa shape index (κ1) is 14.2. The average Bonchev–Trinajstić information content (AvgIpc) is 2.29. The van der Waals surface area contributed by atoms with E-state index in [0.717, 1.165) is 6.08 Å². The summed E-state index contributed by atoms with van der Waals surface area (Å²) in [6.07, 6.45) is -5.83. The van der Waals surface area contributed by atoms with Crippen molar-refractivity contribution in [2.24, 2.45) is 0 Å². The van der Waals surface area contributed by atoms with Gasteiger partial charge in [-0.3, -0.25) is 0 Å². The topological polar surface area (TPSA) is 145 Å². The van der Waals surface area contributed by atoms with E-state index in [1.807, 2.05) is 0 Å². The van der Waals surface area contributed by atoms with Gasteiger partial charge in [-0.15, -0.1) is 0 Å². The lowest BCUT2D eigenvalue weighted by molar-refractivity contribution is -0.143. The number of aliphatic hydroxyl groups is 3. The molecule has 0 saturated heterocycles. The lowest BCUT2D eigenvalue weighted by atomic mass is 9.89. The Hall–Kier alpha value is -1.90. The molecule has 0 fully saturated rings. The number of rotatable bonds is 4. The number of aliphatic hydroxyl groups excluding tert-OH is 3. The van der Waals surface area contributed by atoms with Crippen LogP contribution in [-0.4, -0.2) is 61.9 Å². The van der Waals surface area contributed by atoms with Crippen LogP contribution < -0.4 is 0 Å². The minimum absolute atomic E-state index is 0.587. The number of carboxylic acid groups (broad SMARTS) is 2. The zero-order chi connectivity index (χ0) is 14.0. The highest BCUT2D eigenvalue weighted by Crippen LogP contribution is 2.23. The number of hydrogen-bond donors (Lipinski definition) is 5. The van der Waals surface area contributed by atoms with Crippen LogP contribution in [0.25, 0.3) is 0 Å². The molecule has 0 spiro atoms. The summed E-state index contributed by atoms with van der Waals surface area (Å²) in [5, 5.41) is 45.6. The van der Waals surface area contributed by atoms with Gasteiger partial charge in [0.25, 0.3) is 0 Å². The van der Waals surface area contributed by atoms with E-state index in [1.165, 1.54) is 0 Å². The van der Waals surface area contributed by atoms with Gasteiger partial charge in [0, 0.05) is 0 Å². The second-order valence-corrected chi connectivity index (χ2v) is 3.66. The van der Waals surface area contributed by atoms with E-state index < -0.39 is 47.7 Å². The molecule has 8 nitrogen and oxygen atoms in total. The molecule has 0 aromatic heterocycles. The summed E-state index contributed by atoms with van der Waals surface area (Å²) < 4.78 is 4.71. The molecule has 0 radical (unpaired) electrons. The van der Waals surface area contributed by atoms with E-state index in [4.69, 9.17) is 14.9 Å². The SMILES string of the molecule is C=C(O[C@@H]1C=C(C(=O)O)C(O)C(O)[C@H]1O)C(=O)O. The second-order valence-electron chi connectivity index (χ2n) is 3.66. The van der Waals surface area contributed by atoms with Gasteiger partial charge in [-0.25, -0.2) is 9.59 Å². The Kier molecular flexibility index (Phi) is 4.07. The van der Waals surface area contributed by atoms with E-state index in [-0.39, 0.29) is 0 Å². The third kappa shape index (κ3) is 2.67. The van der Waals surface area contributed by atoms with Crippen molar-refractivity contribution in [3.8, 4) is 0 Å². The van der Waals surface area contributed by atoms with Crippen molar-refractivity contribution in [1.82, 2.24) is 0 Å². The first-order valence-corrected chi connectivity index (χ1v) is 4.83. The highest BCUT2D eigenvalue weighted by Gasteiger charge is 2.41. The van der Waals surface area contributed by atoms with E-state index in [1.54, 1.807) is 0 Å². The lowest BCUT2D eigenvalue weighted by Gasteiger charge is -2.33. The molecule has 1 rings (SSSR count). The van der Waals surface area contributed by atoms with Crippen molar-refractivity contribution < 1.29 is 39.9 Å². The molecule has 0 aromatic rings. The number of aliphatic carboxylic acids is 2. The predicted octanol–water partition coefficient (Wildman–Crippen LogP) is -1.92. The maximum atomic E-state index is 10.8. The third-order valence-electron chi connectivity index (χ3n) is 2.44. The summed E-state index contributed by atoms with van der Waals surface area (Å²) in [6, 6.07) is 0. The zero-order valence-corrected chi connectivity index (χ0v) is 9.05. The van der Waals surface area contributed by atoms with Gasteiger partial charge in [-0.1, -0.05) is 0 Å². The molecule has 1 aliphatic carbocycles. The molecule has 0 saturated carbocycles. The molecule has 0 heterocycles. The van der Waals surface area contributed by atoms with Gasteiger partial charge in [-0.05, 0) is 12.7 Å². The van der Waals surface area contributed by atoms with E-state index in [0.29, 0.717) is 0 Å². The fraction of sp³-hybridized carbons (Fsp3) is 0.400. The van der Waals surface area contributed by atoms with Crippen LogP contribution in [0.3, 0.4) is 0 Å². The number of carbonyl (C=O) groups is 2. The molecule has 8 heteroatoms. The maximum Gasteiger partial charge on any atom is 0.370 e. The summed E-state index contributed by atoms with van der Waals surface area (Å²) in [4.78, 5) is 21.3. The van der Waals surface area contributed by atoms with Crippen LogP contribution in [-0.2, 0) is 14.3 Å². The Morgan fingerprint density at radius 3 is 2.17 bits per heavy atom. The molecule has 5 N–H and O–H groups in total. The molecule has 2 unspecified atom stereocenters. The van der Waals surface area contributed by atoms with Crippen LogP contribution in [0.1, 0.15) is 0 Å². The minimum Gasteiger partial charge on any atom is -0.478 e. The van der Waals surface area contributed by atoms with Gasteiger partial charge in [0.15, 0.2) is 5.76 Å². The Morgan fingerprint density at radius 1 is 1.17 bits per heavy atom. The average molecular weight is 260 g/mol. The van der Waals surface area contributed by atoms with Crippen LogP contribution in [0.4, 0.5) is 0 Å². The van der Waals surface area contributed by atoms with E-state index in [2.05, 4.69) is 6.58 Å². The van der Waals surface area contributed by atoms with Gasteiger partial charge < -0.3 is 30.3 Å². The summed E-state index contributed by atoms with van der Waals surface area (Å²) in [6.45, 7) is 3.04. The Morgan fingerprint density at radius 2 is 1.72 bits per heavy atom. The van der Waals surface area contributed by atoms with Gasteiger partial charge >= 0.3 is 11.9 Å². The van der Waals surface area contributed by atoms with Gasteiger partial charge in [0.05, 0.1) is 5.57 Å². The molecule has 4 atom stereocenters. The second kappa shape index (κ2) is 5.17. The van der Waals surface area contributed by atoms with Crippen LogP contribution in [0.2, 0.25) is 0 Å². The quantitative estimate of drug-likeness (QED) is 0.290. The van der Waals surface area contributed by atoms with Crippen molar-refractivity contribution in [3.05, 3.63) is 24.0 Å². The fourth-order valence-corrected chi connectivity index (χ4v) is 1.46. The van der Waals surface area contributed by atoms with Crippen molar-refractivity contribution >= 4 is 11.9 Å². The van der Waals surface area contributed by atoms with Crippen LogP contribution in [0.15, 0.2) is 24.0 Å². The highest BCUT2D eigenvalue weighted by molar-refractivity contribution is 5.88. The summed E-state index contributed by atoms with van der Waals surface area (Å²) >= 11 is 0. The number of hydrogen-bond acceptors (Lipinski definition) is 6. The molecule has 0 aliphatic heterocycles. The predicted molar refractivity (Wildman–Crippen MR) is 55.4 cm³/mol. The van der Waals surface area contributed by atoms with Gasteiger partial charge in [0.2, 0.25) is 0 Å². The number of carboxylic acids is 2. The first-order valence-electron chi connectivity index (χ1n) is 4.83. The van der Waals surface area contributed by atoms with Crippen LogP contribution in [0, 0.1) is 0 Å². The molecule has 0 aromatic carbocycles. The molecular weight excluding hydrogens is 248 g/mol. The van der Waals surface area contributed by atoms with Crippen LogP contribution in [0.5, 0.6) is 0 Å². The largest absolute Gasteiger partial charge is 0.478 e. The fourth-order valence-electron chi connectivity index (χ4n) is 1.46. The molecule has 18 heavy (non-hydrogen) atoms. The highest BCUT2D eigenvalue weighted by atomic mass is 16.5. The van der Waals surface area contributed by atoms with Crippen molar-refractivity contribution in [1.29, 1.82) is 0 Å². The van der Waals surface area contributed by atoms with Gasteiger partial charge in [-0.2, -0.15) is 0 Å². The maximum absolute atomic E-state index is 10.8. The molecule has 0 amide bonds. The Labute approximate surface area is 101 Å². The monoisotopic (exact) mass is 260 g/mol. The first-order chi connectivity index (χ1) is 8.25. The van der Waals surface area contributed by atoms with Gasteiger partial charge in [0.1, 0.15) is 24.4 Å². The molecular formula is C10H12O8. The smallest absolute Gasteiger partial charge is 0.370 e. The number of ether oxygens (including phenoxy) is 1. The van der Waals surface area contributed by atoms with Crippen molar-refractivity contribution in [2.45, 2.75) is 24.4 Å². The third-order valence-corrected chi connectivity index (χ3v) is 2.44. The standard InChI is InChI=1S/C10H12O8/c1-3(9(14)15)18-5-2-4(10(16)17)6(11)8(13)7(5)12/h2,5-8,11-13H,1H2,(H,14,15)(H,16,17)/t5-,6?,7+,8?/m1/s1. The van der Waals surface area contributed by atoms with E-state index in [9.17, 15) is 24.9 Å². The molecule has 1 aliphatic rings. The molecule has 100 valence electrons. The summed E-state index contributed by atoms with van der Waals surface area (Å²) in [5.74, 6) is -3.72. The van der Waals surface area contributed by atoms with Crippen LogP contribution >= 0.6 is 0 Å². The Bertz CT molecular complexity index is 412. The van der Waals surface area contributed by atoms with Crippen molar-refractivity contribution in [3.63, 3.8) is 0 Å². The zero-order valence-electron chi connectivity index (χ0n) is 9.05. The van der Waals surface area contributed by atoms with E-state index >= 15 is 0 Å². The van der Waals surface area contributed by atoms with Crippen molar-refractivity contribution in [2.75, 3.05) is 0 Å². The minimum atomic E-state index is -1.80. The lowest BCUT2D eigenvalue weighted by Crippen LogP contribution is -2.50. The normalized spacial score (nSPS) is 31.4. The Balaban J connectivity index is 2.99. The summed E-state index contributed by atoms with van der Waals surface area (Å²) in [7, 11) is 0.